The van der Waals surface area contributed by atoms with E-state index < -0.39 is 0 Å². The molecule has 0 spiro atoms. The van der Waals surface area contributed by atoms with Gasteiger partial charge in [0.1, 0.15) is 0 Å². The van der Waals surface area contributed by atoms with Crippen LogP contribution in [0.4, 0.5) is 11.4 Å². The van der Waals surface area contributed by atoms with Crippen molar-refractivity contribution >= 4 is 28.6 Å². The van der Waals surface area contributed by atoms with Crippen molar-refractivity contribution in [2.75, 3.05) is 17.6 Å². The number of nitrogen functional groups attached to an aromatic ring is 1. The van der Waals surface area contributed by atoms with Gasteiger partial charge in [0.15, 0.2) is 0 Å². The second kappa shape index (κ2) is 6.25. The number of benzene rings is 1. The van der Waals surface area contributed by atoms with Gasteiger partial charge >= 0.3 is 4.87 Å². The topological polar surface area (TPSA) is 100 Å². The Morgan fingerprint density at radius 3 is 2.90 bits per heavy atom. The minimum absolute atomic E-state index is 0.0918. The van der Waals surface area contributed by atoms with Crippen LogP contribution in [0.15, 0.2) is 28.4 Å². The van der Waals surface area contributed by atoms with Crippen molar-refractivity contribution in [2.24, 2.45) is 0 Å². The molecule has 5 N–H and O–H groups in total. The lowest BCUT2D eigenvalue weighted by atomic mass is 10.1. The molecule has 0 saturated carbocycles. The van der Waals surface area contributed by atoms with Gasteiger partial charge in [0.05, 0.1) is 17.9 Å². The third-order valence-corrected chi connectivity index (χ3v) is 3.41. The maximum atomic E-state index is 11.8. The average Bonchev–Trinajstić information content (AvgIpc) is 2.84. The largest absolute Gasteiger partial charge is 0.397 e. The highest BCUT2D eigenvalue weighted by molar-refractivity contribution is 7.07. The summed E-state index contributed by atoms with van der Waals surface area (Å²) >= 11 is 1.11. The molecule has 2 rings (SSSR count). The van der Waals surface area contributed by atoms with Crippen LogP contribution >= 0.6 is 11.3 Å². The third-order valence-electron chi connectivity index (χ3n) is 2.69. The van der Waals surface area contributed by atoms with Crippen molar-refractivity contribution in [1.29, 1.82) is 0 Å². The van der Waals surface area contributed by atoms with Crippen LogP contribution in [0, 0.1) is 0 Å². The van der Waals surface area contributed by atoms with Crippen molar-refractivity contribution in [1.82, 2.24) is 10.3 Å². The Bertz CT molecular complexity index is 662. The van der Waals surface area contributed by atoms with Crippen molar-refractivity contribution in [3.8, 4) is 0 Å². The number of thiazole rings is 1. The van der Waals surface area contributed by atoms with Crippen LogP contribution in [0.3, 0.4) is 0 Å². The summed E-state index contributed by atoms with van der Waals surface area (Å²) in [6.07, 6.45) is 0. The molecule has 1 aromatic heterocycles. The minimum Gasteiger partial charge on any atom is -0.397 e. The van der Waals surface area contributed by atoms with Crippen molar-refractivity contribution < 1.29 is 4.79 Å². The second-order valence-electron chi connectivity index (χ2n) is 4.19. The Kier molecular flexibility index (Phi) is 4.41. The highest BCUT2D eigenvalue weighted by atomic mass is 32.1. The van der Waals surface area contributed by atoms with Gasteiger partial charge in [-0.2, -0.15) is 0 Å². The molecule has 0 bridgehead atoms. The van der Waals surface area contributed by atoms with Gasteiger partial charge in [-0.05, 0) is 25.1 Å². The average molecular weight is 292 g/mol. The molecule has 0 aliphatic heterocycles. The van der Waals surface area contributed by atoms with Crippen LogP contribution in [0.25, 0.3) is 0 Å². The van der Waals surface area contributed by atoms with Crippen LogP contribution < -0.4 is 21.2 Å². The summed E-state index contributed by atoms with van der Waals surface area (Å²) in [5.74, 6) is -0.139. The van der Waals surface area contributed by atoms with E-state index >= 15 is 0 Å². The number of rotatable bonds is 5. The SMILES string of the molecule is CCNC(=O)c1ccc(N)c(NCc2csc(=O)[nH]2)c1. The molecule has 1 heterocycles. The number of H-pyrrole nitrogens is 1. The summed E-state index contributed by atoms with van der Waals surface area (Å²) in [5, 5.41) is 7.59. The molecule has 0 fully saturated rings. The van der Waals surface area contributed by atoms with E-state index in [9.17, 15) is 9.59 Å². The summed E-state index contributed by atoms with van der Waals surface area (Å²) in [4.78, 5) is 25.4. The smallest absolute Gasteiger partial charge is 0.304 e. The van der Waals surface area contributed by atoms with Crippen LogP contribution in [-0.4, -0.2) is 17.4 Å². The molecule has 0 aliphatic carbocycles. The number of anilines is 2. The number of hydrogen-bond donors (Lipinski definition) is 4. The molecule has 1 amide bonds. The third kappa shape index (κ3) is 3.39. The number of carbonyl (C=O) groups excluding carboxylic acids is 1. The fourth-order valence-electron chi connectivity index (χ4n) is 1.70. The monoisotopic (exact) mass is 292 g/mol. The molecule has 6 nitrogen and oxygen atoms in total. The summed E-state index contributed by atoms with van der Waals surface area (Å²) in [7, 11) is 0. The van der Waals surface area contributed by atoms with Gasteiger partial charge in [-0.15, -0.1) is 0 Å². The van der Waals surface area contributed by atoms with Gasteiger partial charge in [0.2, 0.25) is 0 Å². The molecule has 2 aromatic rings. The fraction of sp³-hybridized carbons (Fsp3) is 0.231. The number of amides is 1. The zero-order valence-corrected chi connectivity index (χ0v) is 11.8. The Morgan fingerprint density at radius 2 is 2.25 bits per heavy atom. The normalized spacial score (nSPS) is 10.2. The summed E-state index contributed by atoms with van der Waals surface area (Å²) < 4.78 is 0. The Morgan fingerprint density at radius 1 is 1.45 bits per heavy atom. The van der Waals surface area contributed by atoms with Crippen LogP contribution in [0.1, 0.15) is 23.0 Å². The van der Waals surface area contributed by atoms with Crippen molar-refractivity contribution in [2.45, 2.75) is 13.5 Å². The van der Waals surface area contributed by atoms with Crippen molar-refractivity contribution in [3.05, 3.63) is 44.5 Å². The highest BCUT2D eigenvalue weighted by Crippen LogP contribution is 2.20. The van der Waals surface area contributed by atoms with Crippen LogP contribution in [0.5, 0.6) is 0 Å². The number of aromatic nitrogens is 1. The lowest BCUT2D eigenvalue weighted by Crippen LogP contribution is -2.22. The predicted molar refractivity (Wildman–Crippen MR) is 81.1 cm³/mol. The minimum atomic E-state index is -0.139. The predicted octanol–water partition coefficient (Wildman–Crippen LogP) is 1.38. The summed E-state index contributed by atoms with van der Waals surface area (Å²) in [5.41, 5.74) is 8.41. The molecule has 106 valence electrons. The lowest BCUT2D eigenvalue weighted by Gasteiger charge is -2.10. The number of aromatic amines is 1. The summed E-state index contributed by atoms with van der Waals surface area (Å²) in [6.45, 7) is 2.88. The van der Waals surface area contributed by atoms with E-state index in [2.05, 4.69) is 15.6 Å². The first-order chi connectivity index (χ1) is 9.60. The van der Waals surface area contributed by atoms with Gasteiger partial charge in [0.25, 0.3) is 5.91 Å². The van der Waals surface area contributed by atoms with Gasteiger partial charge in [-0.25, -0.2) is 0 Å². The van der Waals surface area contributed by atoms with E-state index in [0.29, 0.717) is 30.0 Å². The van der Waals surface area contributed by atoms with E-state index in [0.717, 1.165) is 17.0 Å². The second-order valence-corrected chi connectivity index (χ2v) is 5.03. The Balaban J connectivity index is 2.12. The van der Waals surface area contributed by atoms with Crippen molar-refractivity contribution in [3.63, 3.8) is 0 Å². The van der Waals surface area contributed by atoms with E-state index in [-0.39, 0.29) is 10.8 Å². The molecule has 0 saturated heterocycles. The Hall–Kier alpha value is -2.28. The maximum Gasteiger partial charge on any atom is 0.304 e. The molecular formula is C13H16N4O2S. The molecule has 0 atom stereocenters. The van der Waals surface area contributed by atoms with E-state index in [1.807, 2.05) is 6.92 Å². The van der Waals surface area contributed by atoms with Gasteiger partial charge < -0.3 is 21.4 Å². The molecular weight excluding hydrogens is 276 g/mol. The van der Waals surface area contributed by atoms with Crippen LogP contribution in [-0.2, 0) is 6.54 Å². The van der Waals surface area contributed by atoms with E-state index in [1.165, 1.54) is 0 Å². The molecule has 20 heavy (non-hydrogen) atoms. The van der Waals surface area contributed by atoms with E-state index in [1.54, 1.807) is 23.6 Å². The quantitative estimate of drug-likeness (QED) is 0.625. The molecule has 0 aliphatic rings. The fourth-order valence-corrected chi connectivity index (χ4v) is 2.29. The summed E-state index contributed by atoms with van der Waals surface area (Å²) in [6, 6.07) is 5.06. The zero-order chi connectivity index (χ0) is 14.5. The van der Waals surface area contributed by atoms with Gasteiger partial charge in [0, 0.05) is 23.2 Å². The molecule has 0 radical (unpaired) electrons. The van der Waals surface area contributed by atoms with Crippen LogP contribution in [0.2, 0.25) is 0 Å². The van der Waals surface area contributed by atoms with Gasteiger partial charge in [-0.1, -0.05) is 11.3 Å². The number of carbonyl (C=O) groups is 1. The highest BCUT2D eigenvalue weighted by Gasteiger charge is 2.07. The standard InChI is InChI=1S/C13H16N4O2S/c1-2-15-12(18)8-3-4-10(14)11(5-8)16-6-9-7-20-13(19)17-9/h3-5,7,16H,2,6,14H2,1H3,(H,15,18)(H,17,19). The molecule has 0 unspecified atom stereocenters. The van der Waals surface area contributed by atoms with E-state index in [4.69, 9.17) is 5.73 Å². The first-order valence-electron chi connectivity index (χ1n) is 6.18. The molecule has 1 aromatic carbocycles. The molecule has 7 heteroatoms. The maximum absolute atomic E-state index is 11.8. The number of nitrogens with one attached hydrogen (secondary N) is 3. The lowest BCUT2D eigenvalue weighted by molar-refractivity contribution is 0.0956. The number of hydrogen-bond acceptors (Lipinski definition) is 5. The van der Waals surface area contributed by atoms with Gasteiger partial charge in [-0.3, -0.25) is 9.59 Å². The zero-order valence-electron chi connectivity index (χ0n) is 11.0. The first kappa shape index (κ1) is 14.1. The number of nitrogens with two attached hydrogens (primary N) is 1. The Labute approximate surface area is 120 Å². The first-order valence-corrected chi connectivity index (χ1v) is 7.06.